The molecule has 72 valence electrons. The van der Waals surface area contributed by atoms with Crippen LogP contribution in [0.4, 0.5) is 0 Å². The van der Waals surface area contributed by atoms with Crippen LogP contribution in [0.3, 0.4) is 0 Å². The number of nitrogens with zero attached hydrogens (tertiary/aromatic N) is 1. The second-order valence-electron chi connectivity index (χ2n) is 3.09. The molecule has 2 heteroatoms. The number of allylic oxidation sites excluding steroid dienone is 2. The van der Waals surface area contributed by atoms with Gasteiger partial charge in [-0.3, -0.25) is 0 Å². The van der Waals surface area contributed by atoms with Crippen LogP contribution in [0.2, 0.25) is 0 Å². The first-order valence-corrected chi connectivity index (χ1v) is 4.41. The van der Waals surface area contributed by atoms with Crippen molar-refractivity contribution >= 4 is 5.57 Å². The van der Waals surface area contributed by atoms with Gasteiger partial charge < -0.3 is 4.74 Å². The summed E-state index contributed by atoms with van der Waals surface area (Å²) >= 11 is 0. The van der Waals surface area contributed by atoms with Gasteiger partial charge in [-0.2, -0.15) is 5.26 Å². The number of hydrogen-bond donors (Lipinski definition) is 0. The zero-order chi connectivity index (χ0) is 10.6. The fourth-order valence-corrected chi connectivity index (χ4v) is 1.14. The molecule has 0 saturated carbocycles. The summed E-state index contributed by atoms with van der Waals surface area (Å²) < 4.78 is 5.05. The Morgan fingerprint density at radius 1 is 1.21 bits per heavy atom. The third kappa shape index (κ3) is 2.14. The van der Waals surface area contributed by atoms with Gasteiger partial charge in [0, 0.05) is 5.57 Å². The average Bonchev–Trinajstić information content (AvgIpc) is 2.27. The molecule has 1 aromatic carbocycles. The SMILES string of the molecule is COc1ccc(/C(C)=C(\C)C#N)cc1. The summed E-state index contributed by atoms with van der Waals surface area (Å²) in [5.74, 6) is 0.830. The monoisotopic (exact) mass is 187 g/mol. The molecule has 0 bridgehead atoms. The van der Waals surface area contributed by atoms with Gasteiger partial charge in [0.05, 0.1) is 13.2 Å². The molecule has 0 heterocycles. The summed E-state index contributed by atoms with van der Waals surface area (Å²) in [6, 6.07) is 9.83. The fourth-order valence-electron chi connectivity index (χ4n) is 1.14. The van der Waals surface area contributed by atoms with Crippen LogP contribution in [-0.4, -0.2) is 7.11 Å². The van der Waals surface area contributed by atoms with E-state index in [1.807, 2.05) is 38.1 Å². The Balaban J connectivity index is 3.05. The first-order valence-electron chi connectivity index (χ1n) is 4.41. The summed E-state index contributed by atoms with van der Waals surface area (Å²) in [5, 5.41) is 8.73. The maximum absolute atomic E-state index is 8.73. The molecule has 14 heavy (non-hydrogen) atoms. The number of methoxy groups -OCH3 is 1. The third-order valence-electron chi connectivity index (χ3n) is 2.25. The van der Waals surface area contributed by atoms with E-state index in [4.69, 9.17) is 10.00 Å². The van der Waals surface area contributed by atoms with Gasteiger partial charge in [-0.25, -0.2) is 0 Å². The molecule has 0 aromatic heterocycles. The topological polar surface area (TPSA) is 33.0 Å². The summed E-state index contributed by atoms with van der Waals surface area (Å²) in [7, 11) is 1.64. The van der Waals surface area contributed by atoms with Crippen molar-refractivity contribution in [1.82, 2.24) is 0 Å². The Kier molecular flexibility index (Phi) is 3.30. The van der Waals surface area contributed by atoms with Gasteiger partial charge in [0.15, 0.2) is 0 Å². The highest BCUT2D eigenvalue weighted by atomic mass is 16.5. The molecule has 0 aliphatic carbocycles. The molecule has 0 aliphatic heterocycles. The molecule has 0 fully saturated rings. The number of nitriles is 1. The number of hydrogen-bond acceptors (Lipinski definition) is 2. The van der Waals surface area contributed by atoms with E-state index in [1.54, 1.807) is 7.11 Å². The molecular formula is C12H13NO. The van der Waals surface area contributed by atoms with Crippen molar-refractivity contribution in [2.75, 3.05) is 7.11 Å². The van der Waals surface area contributed by atoms with E-state index in [1.165, 1.54) is 0 Å². The van der Waals surface area contributed by atoms with Crippen molar-refractivity contribution in [3.8, 4) is 11.8 Å². The molecular weight excluding hydrogens is 174 g/mol. The Hall–Kier alpha value is -1.75. The highest BCUT2D eigenvalue weighted by Gasteiger charge is 1.99. The smallest absolute Gasteiger partial charge is 0.118 e. The molecule has 0 N–H and O–H groups in total. The fraction of sp³-hybridized carbons (Fsp3) is 0.250. The van der Waals surface area contributed by atoms with Gasteiger partial charge >= 0.3 is 0 Å². The zero-order valence-corrected chi connectivity index (χ0v) is 8.66. The van der Waals surface area contributed by atoms with E-state index in [0.29, 0.717) is 0 Å². The maximum Gasteiger partial charge on any atom is 0.118 e. The predicted octanol–water partition coefficient (Wildman–Crippen LogP) is 3.01. The first-order chi connectivity index (χ1) is 6.69. The van der Waals surface area contributed by atoms with Crippen LogP contribution >= 0.6 is 0 Å². The van der Waals surface area contributed by atoms with Crippen LogP contribution in [0.1, 0.15) is 19.4 Å². The summed E-state index contributed by atoms with van der Waals surface area (Å²) in [6.07, 6.45) is 0. The van der Waals surface area contributed by atoms with Crippen LogP contribution in [0.25, 0.3) is 5.57 Å². The van der Waals surface area contributed by atoms with E-state index >= 15 is 0 Å². The highest BCUT2D eigenvalue weighted by molar-refractivity contribution is 5.69. The standard InChI is InChI=1S/C12H13NO/c1-9(8-13)10(2)11-4-6-12(14-3)7-5-11/h4-7H,1-3H3/b10-9+. The van der Waals surface area contributed by atoms with Crippen molar-refractivity contribution in [2.45, 2.75) is 13.8 Å². The van der Waals surface area contributed by atoms with Crippen LogP contribution < -0.4 is 4.74 Å². The first kappa shape index (κ1) is 10.3. The van der Waals surface area contributed by atoms with E-state index < -0.39 is 0 Å². The van der Waals surface area contributed by atoms with Crippen molar-refractivity contribution in [3.05, 3.63) is 35.4 Å². The van der Waals surface area contributed by atoms with Gasteiger partial charge in [-0.1, -0.05) is 12.1 Å². The largest absolute Gasteiger partial charge is 0.497 e. The second-order valence-corrected chi connectivity index (χ2v) is 3.09. The zero-order valence-electron chi connectivity index (χ0n) is 8.66. The van der Waals surface area contributed by atoms with E-state index in [0.717, 1.165) is 22.5 Å². The van der Waals surface area contributed by atoms with E-state index in [2.05, 4.69) is 6.07 Å². The molecule has 0 unspecified atom stereocenters. The molecule has 0 atom stereocenters. The predicted molar refractivity (Wildman–Crippen MR) is 56.9 cm³/mol. The molecule has 1 aromatic rings. The van der Waals surface area contributed by atoms with Crippen molar-refractivity contribution in [1.29, 1.82) is 5.26 Å². The number of ether oxygens (including phenoxy) is 1. The molecule has 0 spiro atoms. The normalized spacial score (nSPS) is 11.6. The van der Waals surface area contributed by atoms with Gasteiger partial charge in [-0.15, -0.1) is 0 Å². The Morgan fingerprint density at radius 2 is 1.79 bits per heavy atom. The van der Waals surface area contributed by atoms with Crippen LogP contribution in [0, 0.1) is 11.3 Å². The average molecular weight is 187 g/mol. The quantitative estimate of drug-likeness (QED) is 0.667. The lowest BCUT2D eigenvalue weighted by molar-refractivity contribution is 0.415. The highest BCUT2D eigenvalue weighted by Crippen LogP contribution is 2.20. The minimum atomic E-state index is 0.746. The third-order valence-corrected chi connectivity index (χ3v) is 2.25. The Morgan fingerprint density at radius 3 is 2.21 bits per heavy atom. The number of benzene rings is 1. The van der Waals surface area contributed by atoms with Crippen LogP contribution in [0.15, 0.2) is 29.8 Å². The summed E-state index contributed by atoms with van der Waals surface area (Å²) in [4.78, 5) is 0. The lowest BCUT2D eigenvalue weighted by Gasteiger charge is -2.04. The minimum Gasteiger partial charge on any atom is -0.497 e. The molecule has 0 radical (unpaired) electrons. The van der Waals surface area contributed by atoms with Gasteiger partial charge in [0.1, 0.15) is 5.75 Å². The Labute approximate surface area is 84.4 Å². The maximum atomic E-state index is 8.73. The van der Waals surface area contributed by atoms with Crippen molar-refractivity contribution < 1.29 is 4.74 Å². The van der Waals surface area contributed by atoms with Crippen molar-refractivity contribution in [3.63, 3.8) is 0 Å². The summed E-state index contributed by atoms with van der Waals surface area (Å²) in [5.41, 5.74) is 2.81. The van der Waals surface area contributed by atoms with Gasteiger partial charge in [0.25, 0.3) is 0 Å². The van der Waals surface area contributed by atoms with Crippen LogP contribution in [0.5, 0.6) is 5.75 Å². The molecule has 2 nitrogen and oxygen atoms in total. The number of rotatable bonds is 2. The van der Waals surface area contributed by atoms with Gasteiger partial charge in [-0.05, 0) is 37.1 Å². The molecule has 0 amide bonds. The summed E-state index contributed by atoms with van der Waals surface area (Å²) in [6.45, 7) is 3.76. The van der Waals surface area contributed by atoms with Crippen LogP contribution in [-0.2, 0) is 0 Å². The van der Waals surface area contributed by atoms with Crippen molar-refractivity contribution in [2.24, 2.45) is 0 Å². The van der Waals surface area contributed by atoms with E-state index in [9.17, 15) is 0 Å². The lowest BCUT2D eigenvalue weighted by atomic mass is 10.0. The minimum absolute atomic E-state index is 0.746. The lowest BCUT2D eigenvalue weighted by Crippen LogP contribution is -1.85. The molecule has 1 rings (SSSR count). The second kappa shape index (κ2) is 4.48. The molecule has 0 saturated heterocycles. The Bertz CT molecular complexity index is 382. The molecule has 0 aliphatic rings. The van der Waals surface area contributed by atoms with E-state index in [-0.39, 0.29) is 0 Å². The van der Waals surface area contributed by atoms with Gasteiger partial charge in [0.2, 0.25) is 0 Å².